The van der Waals surface area contributed by atoms with E-state index in [1.54, 1.807) is 29.2 Å². The fourth-order valence-corrected chi connectivity index (χ4v) is 2.86. The molecule has 1 heterocycles. The molecule has 6 nitrogen and oxygen atoms in total. The summed E-state index contributed by atoms with van der Waals surface area (Å²) < 4.78 is 1.21. The number of amides is 1. The van der Waals surface area contributed by atoms with Crippen molar-refractivity contribution in [3.05, 3.63) is 75.3 Å². The van der Waals surface area contributed by atoms with Crippen LogP contribution in [0.15, 0.2) is 64.2 Å². The van der Waals surface area contributed by atoms with Crippen molar-refractivity contribution in [2.45, 2.75) is 19.9 Å². The van der Waals surface area contributed by atoms with Crippen LogP contribution in [0, 0.1) is 0 Å². The molecule has 6 heteroatoms. The lowest BCUT2D eigenvalue weighted by Crippen LogP contribution is -2.34. The lowest BCUT2D eigenvalue weighted by atomic mass is 10.2. The van der Waals surface area contributed by atoms with Crippen LogP contribution in [-0.4, -0.2) is 22.2 Å². The predicted octanol–water partition coefficient (Wildman–Crippen LogP) is 2.13. The number of fused-ring (bicyclic) bond motifs is 1. The van der Waals surface area contributed by atoms with E-state index in [0.29, 0.717) is 17.3 Å². The normalized spacial score (nSPS) is 10.8. The van der Waals surface area contributed by atoms with Gasteiger partial charge in [0.25, 0.3) is 11.1 Å². The Morgan fingerprint density at radius 1 is 1.00 bits per heavy atom. The minimum atomic E-state index is -0.335. The molecule has 0 atom stereocenters. The molecule has 0 bridgehead atoms. The fraction of sp³-hybridized carbons (Fsp3) is 0.211. The quantitative estimate of drug-likeness (QED) is 0.775. The number of hydrogen-bond acceptors (Lipinski definition) is 3. The minimum Gasteiger partial charge on any atom is -0.313 e. The Morgan fingerprint density at radius 2 is 1.64 bits per heavy atom. The summed E-state index contributed by atoms with van der Waals surface area (Å²) in [6.45, 7) is 2.56. The first kappa shape index (κ1) is 16.7. The SMILES string of the molecule is CCN(C(=O)CCn1[nH]c(=O)c2ccccc2c1=O)c1ccccc1. The second-order valence-electron chi connectivity index (χ2n) is 5.67. The second-order valence-corrected chi connectivity index (χ2v) is 5.67. The molecule has 3 aromatic rings. The van der Waals surface area contributed by atoms with E-state index in [1.807, 2.05) is 37.3 Å². The van der Waals surface area contributed by atoms with Crippen molar-refractivity contribution in [2.24, 2.45) is 0 Å². The first-order valence-corrected chi connectivity index (χ1v) is 8.19. The van der Waals surface area contributed by atoms with Crippen LogP contribution in [0.2, 0.25) is 0 Å². The molecule has 0 saturated carbocycles. The highest BCUT2D eigenvalue weighted by atomic mass is 16.2. The van der Waals surface area contributed by atoms with Gasteiger partial charge in [-0.25, -0.2) is 4.68 Å². The van der Waals surface area contributed by atoms with Gasteiger partial charge in [-0.05, 0) is 31.2 Å². The van der Waals surface area contributed by atoms with Gasteiger partial charge in [0, 0.05) is 18.7 Å². The lowest BCUT2D eigenvalue weighted by Gasteiger charge is -2.21. The fourth-order valence-electron chi connectivity index (χ4n) is 2.86. The van der Waals surface area contributed by atoms with E-state index < -0.39 is 0 Å². The molecular formula is C19H19N3O3. The maximum atomic E-state index is 12.5. The van der Waals surface area contributed by atoms with Crippen molar-refractivity contribution >= 4 is 22.4 Å². The molecule has 0 radical (unpaired) electrons. The summed E-state index contributed by atoms with van der Waals surface area (Å²) in [6.07, 6.45) is 0.122. The number of carbonyl (C=O) groups excluding carboxylic acids is 1. The van der Waals surface area contributed by atoms with Crippen molar-refractivity contribution in [3.63, 3.8) is 0 Å². The summed E-state index contributed by atoms with van der Waals surface area (Å²) in [5.41, 5.74) is 0.179. The summed E-state index contributed by atoms with van der Waals surface area (Å²) >= 11 is 0. The minimum absolute atomic E-state index is 0.102. The predicted molar refractivity (Wildman–Crippen MR) is 97.9 cm³/mol. The van der Waals surface area contributed by atoms with Crippen molar-refractivity contribution in [1.29, 1.82) is 0 Å². The third-order valence-corrected chi connectivity index (χ3v) is 4.12. The Balaban J connectivity index is 1.83. The lowest BCUT2D eigenvalue weighted by molar-refractivity contribution is -0.118. The Labute approximate surface area is 144 Å². The monoisotopic (exact) mass is 337 g/mol. The molecule has 3 rings (SSSR count). The van der Waals surface area contributed by atoms with Gasteiger partial charge in [0.05, 0.1) is 17.3 Å². The van der Waals surface area contributed by atoms with Gasteiger partial charge in [0.15, 0.2) is 0 Å². The summed E-state index contributed by atoms with van der Waals surface area (Å²) in [5, 5.41) is 3.26. The average molecular weight is 337 g/mol. The van der Waals surface area contributed by atoms with Crippen LogP contribution >= 0.6 is 0 Å². The number of nitrogens with one attached hydrogen (secondary N) is 1. The number of aromatic amines is 1. The molecule has 0 saturated heterocycles. The third-order valence-electron chi connectivity index (χ3n) is 4.12. The van der Waals surface area contributed by atoms with E-state index >= 15 is 0 Å². The Morgan fingerprint density at radius 3 is 2.32 bits per heavy atom. The number of hydrogen-bond donors (Lipinski definition) is 1. The number of carbonyl (C=O) groups is 1. The van der Waals surface area contributed by atoms with Crippen molar-refractivity contribution in [3.8, 4) is 0 Å². The van der Waals surface area contributed by atoms with Crippen LogP contribution in [0.25, 0.3) is 10.8 Å². The molecule has 0 aliphatic rings. The van der Waals surface area contributed by atoms with Crippen molar-refractivity contribution in [2.75, 3.05) is 11.4 Å². The largest absolute Gasteiger partial charge is 0.313 e. The number of anilines is 1. The van der Waals surface area contributed by atoms with E-state index in [0.717, 1.165) is 5.69 Å². The zero-order chi connectivity index (χ0) is 17.8. The average Bonchev–Trinajstić information content (AvgIpc) is 2.65. The van der Waals surface area contributed by atoms with Gasteiger partial charge in [-0.15, -0.1) is 0 Å². The van der Waals surface area contributed by atoms with Crippen LogP contribution in [0.4, 0.5) is 5.69 Å². The van der Waals surface area contributed by atoms with E-state index in [1.165, 1.54) is 4.68 Å². The molecule has 1 N–H and O–H groups in total. The first-order chi connectivity index (χ1) is 12.1. The zero-order valence-electron chi connectivity index (χ0n) is 13.9. The summed E-state index contributed by atoms with van der Waals surface area (Å²) in [5.74, 6) is -0.102. The first-order valence-electron chi connectivity index (χ1n) is 8.19. The smallest absolute Gasteiger partial charge is 0.273 e. The Hall–Kier alpha value is -3.15. The molecule has 0 aliphatic carbocycles. The third kappa shape index (κ3) is 3.38. The number of H-pyrrole nitrogens is 1. The molecule has 2 aromatic carbocycles. The van der Waals surface area contributed by atoms with Crippen LogP contribution < -0.4 is 16.0 Å². The van der Waals surface area contributed by atoms with E-state index in [4.69, 9.17) is 0 Å². The number of nitrogens with zero attached hydrogens (tertiary/aromatic N) is 2. The molecule has 128 valence electrons. The molecule has 25 heavy (non-hydrogen) atoms. The van der Waals surface area contributed by atoms with Crippen LogP contribution in [0.5, 0.6) is 0 Å². The van der Waals surface area contributed by atoms with E-state index in [2.05, 4.69) is 5.10 Å². The number of aromatic nitrogens is 2. The van der Waals surface area contributed by atoms with Gasteiger partial charge in [0.1, 0.15) is 0 Å². The summed E-state index contributed by atoms with van der Waals surface area (Å²) in [7, 11) is 0. The second kappa shape index (κ2) is 7.17. The topological polar surface area (TPSA) is 75.2 Å². The maximum Gasteiger partial charge on any atom is 0.273 e. The highest BCUT2D eigenvalue weighted by molar-refractivity contribution is 5.93. The molecule has 0 aliphatic heterocycles. The van der Waals surface area contributed by atoms with Crippen molar-refractivity contribution in [1.82, 2.24) is 9.78 Å². The Kier molecular flexibility index (Phi) is 4.79. The Bertz CT molecular complexity index is 1010. The van der Waals surface area contributed by atoms with Gasteiger partial charge >= 0.3 is 0 Å². The van der Waals surface area contributed by atoms with Crippen LogP contribution in [0.3, 0.4) is 0 Å². The van der Waals surface area contributed by atoms with Crippen molar-refractivity contribution < 1.29 is 4.79 Å². The van der Waals surface area contributed by atoms with Gasteiger partial charge in [-0.3, -0.25) is 19.5 Å². The molecule has 1 aromatic heterocycles. The number of para-hydroxylation sites is 1. The highest BCUT2D eigenvalue weighted by Crippen LogP contribution is 2.14. The van der Waals surface area contributed by atoms with Crippen LogP contribution in [-0.2, 0) is 11.3 Å². The van der Waals surface area contributed by atoms with Gasteiger partial charge in [-0.2, -0.15) is 0 Å². The zero-order valence-corrected chi connectivity index (χ0v) is 13.9. The highest BCUT2D eigenvalue weighted by Gasteiger charge is 2.14. The van der Waals surface area contributed by atoms with E-state index in [-0.39, 0.29) is 30.0 Å². The molecule has 0 spiro atoms. The van der Waals surface area contributed by atoms with Gasteiger partial charge < -0.3 is 4.90 Å². The number of benzene rings is 2. The van der Waals surface area contributed by atoms with Crippen LogP contribution in [0.1, 0.15) is 13.3 Å². The van der Waals surface area contributed by atoms with E-state index in [9.17, 15) is 14.4 Å². The van der Waals surface area contributed by atoms with Gasteiger partial charge in [0.2, 0.25) is 5.91 Å². The molecule has 1 amide bonds. The number of rotatable bonds is 5. The summed E-state index contributed by atoms with van der Waals surface area (Å²) in [4.78, 5) is 38.8. The molecule has 0 fully saturated rings. The molecule has 0 unspecified atom stereocenters. The maximum absolute atomic E-state index is 12.5. The summed E-state index contributed by atoms with van der Waals surface area (Å²) in [6, 6.07) is 16.0. The molecular weight excluding hydrogens is 318 g/mol. The number of aryl methyl sites for hydroxylation is 1. The standard InChI is InChI=1S/C19H19N3O3/c1-2-21(14-8-4-3-5-9-14)17(23)12-13-22-19(25)16-11-7-6-10-15(16)18(24)20-22/h3-11H,2,12-13H2,1H3,(H,20,24). The van der Waals surface area contributed by atoms with Gasteiger partial charge in [-0.1, -0.05) is 30.3 Å².